The second-order valence-electron chi connectivity index (χ2n) is 11.3. The topological polar surface area (TPSA) is 179 Å². The highest BCUT2D eigenvalue weighted by Crippen LogP contribution is 2.35. The number of hydrogen-bond donors (Lipinski definition) is 4. The van der Waals surface area contributed by atoms with Crippen LogP contribution in [0.2, 0.25) is 5.02 Å². The number of nitrogens with one attached hydrogen (secondary N) is 1. The van der Waals surface area contributed by atoms with Crippen LogP contribution >= 0.6 is 11.6 Å². The zero-order chi connectivity index (χ0) is 33.3. The van der Waals surface area contributed by atoms with Crippen molar-refractivity contribution in [3.05, 3.63) is 58.1 Å². The first-order chi connectivity index (χ1) is 21.3. The van der Waals surface area contributed by atoms with E-state index >= 15 is 0 Å². The van der Waals surface area contributed by atoms with E-state index in [2.05, 4.69) is 5.32 Å². The molecule has 0 bridgehead atoms. The molecular formula is C31H40ClNO12. The smallest absolute Gasteiger partial charge is 0.342 e. The van der Waals surface area contributed by atoms with E-state index in [4.69, 9.17) is 40.0 Å². The summed E-state index contributed by atoms with van der Waals surface area (Å²) in [6.45, 7) is 5.02. The molecule has 1 aliphatic rings. The summed E-state index contributed by atoms with van der Waals surface area (Å²) in [6.07, 6.45) is -6.97. The van der Waals surface area contributed by atoms with Crippen molar-refractivity contribution >= 4 is 29.4 Å². The van der Waals surface area contributed by atoms with Crippen molar-refractivity contribution in [1.82, 2.24) is 5.32 Å². The molecule has 248 valence electrons. The van der Waals surface area contributed by atoms with Gasteiger partial charge in [-0.2, -0.15) is 0 Å². The van der Waals surface area contributed by atoms with Crippen molar-refractivity contribution in [2.45, 2.75) is 83.1 Å². The van der Waals surface area contributed by atoms with Gasteiger partial charge in [-0.05, 0) is 38.0 Å². The van der Waals surface area contributed by atoms with E-state index in [1.54, 1.807) is 26.8 Å². The number of methoxy groups -OCH3 is 2. The lowest BCUT2D eigenvalue weighted by Crippen LogP contribution is -2.60. The molecular weight excluding hydrogens is 614 g/mol. The summed E-state index contributed by atoms with van der Waals surface area (Å²) in [5.74, 6) is -1.42. The number of carbonyl (C=O) groups excluding carboxylic acids is 3. The van der Waals surface area contributed by atoms with Crippen molar-refractivity contribution in [2.75, 3.05) is 20.8 Å². The number of esters is 2. The van der Waals surface area contributed by atoms with Crippen LogP contribution in [-0.2, 0) is 41.7 Å². The second kappa shape index (κ2) is 16.2. The van der Waals surface area contributed by atoms with Gasteiger partial charge in [0.15, 0.2) is 12.4 Å². The van der Waals surface area contributed by atoms with Crippen molar-refractivity contribution < 1.29 is 58.1 Å². The van der Waals surface area contributed by atoms with E-state index in [9.17, 15) is 29.7 Å². The maximum atomic E-state index is 13.1. The van der Waals surface area contributed by atoms with Gasteiger partial charge in [0, 0.05) is 26.1 Å². The van der Waals surface area contributed by atoms with Gasteiger partial charge in [0.05, 0.1) is 25.2 Å². The molecule has 1 saturated heterocycles. The predicted octanol–water partition coefficient (Wildman–Crippen LogP) is 2.28. The molecule has 4 N–H and O–H groups in total. The quantitative estimate of drug-likeness (QED) is 0.232. The summed E-state index contributed by atoms with van der Waals surface area (Å²) in [5.41, 5.74) is 0.863. The minimum absolute atomic E-state index is 0.00860. The summed E-state index contributed by atoms with van der Waals surface area (Å²) in [7, 11) is 2.59. The number of hydrogen-bond acceptors (Lipinski definition) is 12. The summed E-state index contributed by atoms with van der Waals surface area (Å²) in [6, 6.07) is 9.97. The molecule has 1 amide bonds. The van der Waals surface area contributed by atoms with Crippen LogP contribution in [0.3, 0.4) is 0 Å². The molecule has 0 aliphatic carbocycles. The number of halogens is 1. The highest BCUT2D eigenvalue weighted by molar-refractivity contribution is 6.32. The third-order valence-electron chi connectivity index (χ3n) is 6.62. The van der Waals surface area contributed by atoms with E-state index in [-0.39, 0.29) is 54.0 Å². The molecule has 2 aromatic rings. The van der Waals surface area contributed by atoms with Gasteiger partial charge in [0.25, 0.3) is 0 Å². The molecule has 0 aromatic heterocycles. The third-order valence-corrected chi connectivity index (χ3v) is 6.92. The van der Waals surface area contributed by atoms with E-state index < -0.39 is 54.9 Å². The summed E-state index contributed by atoms with van der Waals surface area (Å²) >= 11 is 6.42. The average Bonchev–Trinajstić information content (AvgIpc) is 2.99. The van der Waals surface area contributed by atoms with Gasteiger partial charge in [-0.3, -0.25) is 9.59 Å². The molecule has 1 heterocycles. The van der Waals surface area contributed by atoms with Gasteiger partial charge < -0.3 is 49.1 Å². The minimum Gasteiger partial charge on any atom is -0.496 e. The fourth-order valence-electron chi connectivity index (χ4n) is 4.44. The molecule has 1 aliphatic heterocycles. The molecule has 14 heteroatoms. The zero-order valence-electron chi connectivity index (χ0n) is 25.8. The van der Waals surface area contributed by atoms with Gasteiger partial charge in [-0.15, -0.1) is 0 Å². The summed E-state index contributed by atoms with van der Waals surface area (Å²) < 4.78 is 32.1. The van der Waals surface area contributed by atoms with Crippen LogP contribution < -0.4 is 14.8 Å². The molecule has 0 saturated carbocycles. The van der Waals surface area contributed by atoms with Crippen molar-refractivity contribution in [3.63, 3.8) is 0 Å². The zero-order valence-corrected chi connectivity index (χ0v) is 26.5. The maximum absolute atomic E-state index is 13.1. The van der Waals surface area contributed by atoms with Crippen LogP contribution in [0.5, 0.6) is 11.5 Å². The van der Waals surface area contributed by atoms with Crippen molar-refractivity contribution in [1.29, 1.82) is 0 Å². The Morgan fingerprint density at radius 3 is 2.36 bits per heavy atom. The monoisotopic (exact) mass is 653 g/mol. The molecule has 13 nitrogen and oxygen atoms in total. The van der Waals surface area contributed by atoms with E-state index in [1.807, 2.05) is 18.2 Å². The minimum atomic E-state index is -1.54. The summed E-state index contributed by atoms with van der Waals surface area (Å²) in [5, 5.41) is 33.3. The van der Waals surface area contributed by atoms with Crippen LogP contribution in [0, 0.1) is 0 Å². The van der Waals surface area contributed by atoms with Gasteiger partial charge >= 0.3 is 11.9 Å². The number of aliphatic hydroxyl groups excluding tert-OH is 3. The number of aliphatic hydroxyl groups is 3. The number of carbonyl (C=O) groups is 3. The van der Waals surface area contributed by atoms with Gasteiger partial charge in [-0.25, -0.2) is 4.79 Å². The molecule has 5 atom stereocenters. The Bertz CT molecular complexity index is 1310. The Morgan fingerprint density at radius 2 is 1.71 bits per heavy atom. The Labute approximate surface area is 266 Å². The van der Waals surface area contributed by atoms with Crippen molar-refractivity contribution in [2.24, 2.45) is 0 Å². The Morgan fingerprint density at radius 1 is 1.00 bits per heavy atom. The fraction of sp³-hybridized carbons (Fsp3) is 0.516. The molecule has 0 spiro atoms. The Balaban J connectivity index is 1.61. The SMILES string of the molecule is COc1cc(OCc2cccc(CNC(=O)CCC(=O)OC(C)(C)C)c2)c(Cl)cc1C(=O)O[C@@H]1[C@@H](O)[C@@H](OC)O[C@H](CO)[C@H]1O. The maximum Gasteiger partial charge on any atom is 0.342 e. The van der Waals surface area contributed by atoms with Crippen LogP contribution in [0.4, 0.5) is 0 Å². The van der Waals surface area contributed by atoms with Crippen LogP contribution in [0.15, 0.2) is 36.4 Å². The third kappa shape index (κ3) is 10.3. The molecule has 45 heavy (non-hydrogen) atoms. The number of amides is 1. The summed E-state index contributed by atoms with van der Waals surface area (Å²) in [4.78, 5) is 37.1. The molecule has 3 rings (SSSR count). The van der Waals surface area contributed by atoms with Gasteiger partial charge in [0.1, 0.15) is 47.6 Å². The van der Waals surface area contributed by atoms with E-state index in [0.717, 1.165) is 11.1 Å². The van der Waals surface area contributed by atoms with Crippen LogP contribution in [0.1, 0.15) is 55.1 Å². The first-order valence-corrected chi connectivity index (χ1v) is 14.6. The average molecular weight is 654 g/mol. The molecule has 0 unspecified atom stereocenters. The fourth-order valence-corrected chi connectivity index (χ4v) is 4.65. The Hall–Kier alpha value is -3.46. The highest BCUT2D eigenvalue weighted by Gasteiger charge is 2.47. The highest BCUT2D eigenvalue weighted by atomic mass is 35.5. The van der Waals surface area contributed by atoms with E-state index in [1.165, 1.54) is 26.4 Å². The van der Waals surface area contributed by atoms with Crippen molar-refractivity contribution in [3.8, 4) is 11.5 Å². The lowest BCUT2D eigenvalue weighted by atomic mass is 9.99. The number of ether oxygens (including phenoxy) is 6. The van der Waals surface area contributed by atoms with E-state index in [0.29, 0.717) is 0 Å². The normalized spacial score (nSPS) is 21.5. The second-order valence-corrected chi connectivity index (χ2v) is 11.7. The lowest BCUT2D eigenvalue weighted by molar-refractivity contribution is -0.293. The first-order valence-electron chi connectivity index (χ1n) is 14.2. The molecule has 2 aromatic carbocycles. The first kappa shape index (κ1) is 36.0. The van der Waals surface area contributed by atoms with Gasteiger partial charge in [0.2, 0.25) is 5.91 Å². The largest absolute Gasteiger partial charge is 0.496 e. The van der Waals surface area contributed by atoms with Crippen LogP contribution in [-0.4, -0.2) is 90.3 Å². The standard InChI is InChI=1S/C31H40ClNO12/c1-31(2,3)45-25(36)10-9-24(35)33-14-17-7-6-8-18(11-17)16-42-22-13-21(40-4)19(12-20(22)32)29(39)44-28-26(37)23(15-34)43-30(41-5)27(28)38/h6-8,11-13,23,26-28,30,34,37-38H,9-10,14-16H2,1-5H3,(H,33,35)/t23-,26-,27-,28+,30+/m1/s1. The van der Waals surface area contributed by atoms with Gasteiger partial charge in [-0.1, -0.05) is 35.9 Å². The Kier molecular flexibility index (Phi) is 13.0. The number of benzene rings is 2. The molecule has 0 radical (unpaired) electrons. The number of rotatable bonds is 13. The molecule has 1 fully saturated rings. The van der Waals surface area contributed by atoms with Crippen LogP contribution in [0.25, 0.3) is 0 Å². The lowest BCUT2D eigenvalue weighted by Gasteiger charge is -2.40. The predicted molar refractivity (Wildman–Crippen MR) is 160 cm³/mol.